The second kappa shape index (κ2) is 7.91. The molecule has 2 heterocycles. The second-order valence-electron chi connectivity index (χ2n) is 8.49. The van der Waals surface area contributed by atoms with Crippen LogP contribution in [0.2, 0.25) is 0 Å². The van der Waals surface area contributed by atoms with E-state index in [1.807, 2.05) is 18.3 Å². The van der Waals surface area contributed by atoms with Crippen molar-refractivity contribution in [3.63, 3.8) is 0 Å². The topological polar surface area (TPSA) is 39.2 Å². The lowest BCUT2D eigenvalue weighted by Crippen LogP contribution is -2.22. The van der Waals surface area contributed by atoms with Gasteiger partial charge in [-0.2, -0.15) is 0 Å². The predicted octanol–water partition coefficient (Wildman–Crippen LogP) is 6.37. The van der Waals surface area contributed by atoms with Crippen LogP contribution < -0.4 is 0 Å². The largest absolute Gasteiger partial charge is 0.469 e. The lowest BCUT2D eigenvalue weighted by atomic mass is 9.80. The van der Waals surface area contributed by atoms with Crippen molar-refractivity contribution in [2.45, 2.75) is 59.3 Å². The molecule has 29 heavy (non-hydrogen) atoms. The van der Waals surface area contributed by atoms with E-state index in [0.29, 0.717) is 0 Å². The number of pyridine rings is 1. The van der Waals surface area contributed by atoms with E-state index < -0.39 is 0 Å². The third kappa shape index (κ3) is 3.48. The zero-order chi connectivity index (χ0) is 20.7. The van der Waals surface area contributed by atoms with E-state index in [-0.39, 0.29) is 17.8 Å². The van der Waals surface area contributed by atoms with Gasteiger partial charge in [-0.25, -0.2) is 4.98 Å². The zero-order valence-electron chi connectivity index (χ0n) is 18.0. The van der Waals surface area contributed by atoms with E-state index in [0.717, 1.165) is 28.9 Å². The van der Waals surface area contributed by atoms with Crippen molar-refractivity contribution in [3.05, 3.63) is 51.5 Å². The molecule has 0 saturated carbocycles. The third-order valence-electron chi connectivity index (χ3n) is 6.10. The Bertz CT molecular complexity index is 1060. The fourth-order valence-electron chi connectivity index (χ4n) is 4.67. The zero-order valence-corrected chi connectivity index (χ0v) is 18.8. The minimum absolute atomic E-state index is 0.124. The first kappa shape index (κ1) is 20.1. The molecule has 0 radical (unpaired) electrons. The molecule has 0 bridgehead atoms. The van der Waals surface area contributed by atoms with E-state index >= 15 is 0 Å². The summed E-state index contributed by atoms with van der Waals surface area (Å²) < 4.78 is 5.24. The van der Waals surface area contributed by atoms with Gasteiger partial charge in [-0.1, -0.05) is 43.7 Å². The molecule has 0 aliphatic heterocycles. The predicted molar refractivity (Wildman–Crippen MR) is 121 cm³/mol. The van der Waals surface area contributed by atoms with Crippen LogP contribution in [0.5, 0.6) is 0 Å². The van der Waals surface area contributed by atoms with Crippen LogP contribution in [-0.4, -0.2) is 18.1 Å². The van der Waals surface area contributed by atoms with Gasteiger partial charge in [0.2, 0.25) is 0 Å². The number of nitrogens with zero attached hydrogens (tertiary/aromatic N) is 1. The van der Waals surface area contributed by atoms with Gasteiger partial charge in [-0.15, -0.1) is 11.3 Å². The molecular weight excluding hydrogens is 378 g/mol. The highest BCUT2D eigenvalue weighted by Gasteiger charge is 2.33. The minimum atomic E-state index is -0.327. The van der Waals surface area contributed by atoms with Gasteiger partial charge in [0.15, 0.2) is 0 Å². The summed E-state index contributed by atoms with van der Waals surface area (Å²) in [7, 11) is 1.48. The molecule has 1 aliphatic rings. The number of aryl methyl sites for hydroxylation is 4. The van der Waals surface area contributed by atoms with Gasteiger partial charge in [-0.3, -0.25) is 4.79 Å². The number of benzene rings is 1. The van der Waals surface area contributed by atoms with Crippen molar-refractivity contribution in [3.8, 4) is 11.1 Å². The summed E-state index contributed by atoms with van der Waals surface area (Å²) in [6.45, 7) is 8.33. The Morgan fingerprint density at radius 1 is 1.10 bits per heavy atom. The molecule has 0 fully saturated rings. The smallest absolute Gasteiger partial charge is 0.313 e. The number of esters is 1. The first-order valence-corrected chi connectivity index (χ1v) is 11.3. The summed E-state index contributed by atoms with van der Waals surface area (Å²) in [6, 6.07) is 8.69. The minimum Gasteiger partial charge on any atom is -0.469 e. The average molecular weight is 408 g/mol. The molecule has 4 rings (SSSR count). The first-order chi connectivity index (χ1) is 13.9. The summed E-state index contributed by atoms with van der Waals surface area (Å²) >= 11 is 1.84. The van der Waals surface area contributed by atoms with Crippen LogP contribution in [0.4, 0.5) is 0 Å². The molecule has 4 heteroatoms. The molecule has 3 nitrogen and oxygen atoms in total. The maximum absolute atomic E-state index is 12.9. The molecule has 1 aromatic carbocycles. The van der Waals surface area contributed by atoms with Crippen molar-refractivity contribution < 1.29 is 9.53 Å². The highest BCUT2D eigenvalue weighted by Crippen LogP contribution is 2.46. The number of hydrogen-bond donors (Lipinski definition) is 0. The second-order valence-corrected chi connectivity index (χ2v) is 9.57. The van der Waals surface area contributed by atoms with Gasteiger partial charge in [0.1, 0.15) is 4.83 Å². The Kier molecular flexibility index (Phi) is 5.48. The quantitative estimate of drug-likeness (QED) is 0.472. The Morgan fingerprint density at radius 3 is 2.45 bits per heavy atom. The van der Waals surface area contributed by atoms with Gasteiger partial charge in [0, 0.05) is 16.0 Å². The number of fused-ring (bicyclic) bond motifs is 3. The van der Waals surface area contributed by atoms with Crippen molar-refractivity contribution >= 4 is 27.5 Å². The Hall–Kier alpha value is -2.20. The summed E-state index contributed by atoms with van der Waals surface area (Å²) in [5.74, 6) is -0.381. The highest BCUT2D eigenvalue weighted by molar-refractivity contribution is 7.19. The molecule has 152 valence electrons. The van der Waals surface area contributed by atoms with Crippen LogP contribution in [-0.2, 0) is 22.4 Å². The molecule has 3 aromatic rings. The van der Waals surface area contributed by atoms with Crippen LogP contribution in [0, 0.1) is 19.8 Å². The van der Waals surface area contributed by atoms with Crippen molar-refractivity contribution in [2.24, 2.45) is 5.92 Å². The number of rotatable bonds is 4. The van der Waals surface area contributed by atoms with Crippen LogP contribution in [0.15, 0.2) is 24.3 Å². The maximum atomic E-state index is 12.9. The maximum Gasteiger partial charge on any atom is 0.313 e. The van der Waals surface area contributed by atoms with Crippen molar-refractivity contribution in [1.82, 2.24) is 4.98 Å². The fraction of sp³-hybridized carbons (Fsp3) is 0.440. The summed E-state index contributed by atoms with van der Waals surface area (Å²) in [6.07, 6.45) is 4.72. The van der Waals surface area contributed by atoms with Gasteiger partial charge < -0.3 is 4.74 Å². The van der Waals surface area contributed by atoms with E-state index in [9.17, 15) is 4.79 Å². The normalized spacial score (nSPS) is 14.8. The molecule has 0 N–H and O–H groups in total. The summed E-state index contributed by atoms with van der Waals surface area (Å²) in [5.41, 5.74) is 7.02. The first-order valence-electron chi connectivity index (χ1n) is 10.5. The number of methoxy groups -OCH3 is 1. The van der Waals surface area contributed by atoms with Gasteiger partial charge in [0.05, 0.1) is 13.0 Å². The molecule has 2 aromatic heterocycles. The van der Waals surface area contributed by atoms with E-state index in [1.54, 1.807) is 0 Å². The number of carbonyl (C=O) groups is 1. The number of ether oxygens (including phenoxy) is 1. The van der Waals surface area contributed by atoms with E-state index in [2.05, 4.69) is 45.0 Å². The lowest BCUT2D eigenvalue weighted by molar-refractivity contribution is -0.143. The van der Waals surface area contributed by atoms with Crippen molar-refractivity contribution in [2.75, 3.05) is 7.11 Å². The number of hydrogen-bond acceptors (Lipinski definition) is 4. The molecular formula is C25H29NO2S. The number of aromatic nitrogens is 1. The van der Waals surface area contributed by atoms with Crippen LogP contribution in [0.1, 0.15) is 59.9 Å². The molecule has 0 amide bonds. The monoisotopic (exact) mass is 407 g/mol. The standard InChI is InChI=1S/C25H29NO2S/c1-14(2)20(25(27)28-5)21-16(4)26-24-23(18-8-6-7-9-19(18)29-24)22(21)17-12-10-15(3)11-13-17/h10-14,20H,6-9H2,1-5H3. The Balaban J connectivity index is 2.11. The van der Waals surface area contributed by atoms with Crippen molar-refractivity contribution in [1.29, 1.82) is 0 Å². The Morgan fingerprint density at radius 2 is 1.79 bits per heavy atom. The third-order valence-corrected chi connectivity index (χ3v) is 7.29. The molecule has 0 spiro atoms. The van der Waals surface area contributed by atoms with E-state index in [4.69, 9.17) is 9.72 Å². The van der Waals surface area contributed by atoms with Gasteiger partial charge in [0.25, 0.3) is 0 Å². The fourth-order valence-corrected chi connectivity index (χ4v) is 5.98. The molecule has 1 aliphatic carbocycles. The van der Waals surface area contributed by atoms with Gasteiger partial charge >= 0.3 is 5.97 Å². The van der Waals surface area contributed by atoms with Crippen LogP contribution >= 0.6 is 11.3 Å². The molecule has 1 atom stereocenters. The summed E-state index contributed by atoms with van der Waals surface area (Å²) in [4.78, 5) is 20.5. The number of carbonyl (C=O) groups excluding carboxylic acids is 1. The summed E-state index contributed by atoms with van der Waals surface area (Å²) in [5, 5.41) is 1.27. The van der Waals surface area contributed by atoms with E-state index in [1.165, 1.54) is 52.5 Å². The highest BCUT2D eigenvalue weighted by atomic mass is 32.1. The van der Waals surface area contributed by atoms with Crippen LogP contribution in [0.25, 0.3) is 21.3 Å². The SMILES string of the molecule is COC(=O)C(c1c(C)nc2sc3c(c2c1-c1ccc(C)cc1)CCCC3)C(C)C. The number of thiophene rings is 1. The lowest BCUT2D eigenvalue weighted by Gasteiger charge is -2.25. The van der Waals surface area contributed by atoms with Crippen LogP contribution in [0.3, 0.4) is 0 Å². The molecule has 0 saturated heterocycles. The van der Waals surface area contributed by atoms with Gasteiger partial charge in [-0.05, 0) is 67.7 Å². The molecule has 1 unspecified atom stereocenters. The Labute approximate surface area is 177 Å². The average Bonchev–Trinajstić information content (AvgIpc) is 3.06.